The van der Waals surface area contributed by atoms with Gasteiger partial charge in [0.05, 0.1) is 0 Å². The van der Waals surface area contributed by atoms with Crippen molar-refractivity contribution in [1.29, 1.82) is 0 Å². The Morgan fingerprint density at radius 1 is 1.44 bits per heavy atom. The first-order valence-electron chi connectivity index (χ1n) is 6.13. The average molecular weight is 219 g/mol. The van der Waals surface area contributed by atoms with E-state index in [0.717, 1.165) is 18.8 Å². The molecule has 1 aliphatic rings. The first kappa shape index (κ1) is 11.4. The molecule has 1 unspecified atom stereocenters. The molecule has 0 aliphatic carbocycles. The zero-order chi connectivity index (χ0) is 11.5. The van der Waals surface area contributed by atoms with Crippen LogP contribution >= 0.6 is 0 Å². The van der Waals surface area contributed by atoms with E-state index in [0.29, 0.717) is 6.04 Å². The Kier molecular flexibility index (Phi) is 3.44. The largest absolute Gasteiger partial charge is 0.367 e. The summed E-state index contributed by atoms with van der Waals surface area (Å²) in [5, 5.41) is 0. The van der Waals surface area contributed by atoms with Crippen LogP contribution in [0.4, 0.5) is 5.69 Å². The number of aromatic nitrogens is 1. The maximum absolute atomic E-state index is 5.86. The Morgan fingerprint density at radius 2 is 2.25 bits per heavy atom. The van der Waals surface area contributed by atoms with E-state index in [4.69, 9.17) is 5.73 Å². The smallest absolute Gasteiger partial charge is 0.0432 e. The van der Waals surface area contributed by atoms with E-state index >= 15 is 0 Å². The highest BCUT2D eigenvalue weighted by Crippen LogP contribution is 2.27. The third kappa shape index (κ3) is 2.05. The Labute approximate surface area is 97.7 Å². The van der Waals surface area contributed by atoms with E-state index in [-0.39, 0.29) is 0 Å². The van der Waals surface area contributed by atoms with Crippen molar-refractivity contribution >= 4 is 5.69 Å². The van der Waals surface area contributed by atoms with Gasteiger partial charge in [-0.1, -0.05) is 0 Å². The molecule has 3 heteroatoms. The zero-order valence-corrected chi connectivity index (χ0v) is 10.2. The quantitative estimate of drug-likeness (QED) is 0.827. The van der Waals surface area contributed by atoms with Gasteiger partial charge in [-0.05, 0) is 44.7 Å². The van der Waals surface area contributed by atoms with Crippen LogP contribution in [0.1, 0.15) is 30.5 Å². The van der Waals surface area contributed by atoms with Crippen molar-refractivity contribution in [2.75, 3.05) is 18.0 Å². The van der Waals surface area contributed by atoms with Crippen molar-refractivity contribution in [3.63, 3.8) is 0 Å². The summed E-state index contributed by atoms with van der Waals surface area (Å²) >= 11 is 0. The molecule has 0 amide bonds. The van der Waals surface area contributed by atoms with Crippen LogP contribution in [-0.4, -0.2) is 24.1 Å². The summed E-state index contributed by atoms with van der Waals surface area (Å²) in [6, 6.07) is 2.63. The fourth-order valence-electron chi connectivity index (χ4n) is 2.50. The second-order valence-electron chi connectivity index (χ2n) is 4.62. The molecule has 0 aromatic carbocycles. The molecule has 0 radical (unpaired) electrons. The molecule has 1 fully saturated rings. The van der Waals surface area contributed by atoms with Crippen LogP contribution in [0.25, 0.3) is 0 Å². The van der Waals surface area contributed by atoms with Gasteiger partial charge in [0.25, 0.3) is 0 Å². The van der Waals surface area contributed by atoms with E-state index in [1.807, 2.05) is 6.20 Å². The van der Waals surface area contributed by atoms with Crippen LogP contribution < -0.4 is 10.6 Å². The molecular formula is C13H21N3. The van der Waals surface area contributed by atoms with Crippen molar-refractivity contribution in [3.05, 3.63) is 23.5 Å². The molecule has 2 N–H and O–H groups in total. The highest BCUT2D eigenvalue weighted by atomic mass is 15.2. The lowest BCUT2D eigenvalue weighted by Gasteiger charge is -2.38. The molecule has 16 heavy (non-hydrogen) atoms. The van der Waals surface area contributed by atoms with E-state index in [1.165, 1.54) is 30.5 Å². The van der Waals surface area contributed by atoms with Crippen LogP contribution in [-0.2, 0) is 0 Å². The molecule has 1 aliphatic heterocycles. The van der Waals surface area contributed by atoms with Gasteiger partial charge in [0.15, 0.2) is 0 Å². The number of pyridine rings is 1. The maximum atomic E-state index is 5.86. The number of hydrogen-bond acceptors (Lipinski definition) is 3. The van der Waals surface area contributed by atoms with Gasteiger partial charge < -0.3 is 10.6 Å². The number of nitrogens with zero attached hydrogens (tertiary/aromatic N) is 2. The molecule has 0 saturated carbocycles. The Bertz CT molecular complexity index is 362. The molecule has 2 heterocycles. The Hall–Kier alpha value is -1.09. The Balaban J connectivity index is 2.30. The van der Waals surface area contributed by atoms with Gasteiger partial charge in [-0.3, -0.25) is 4.98 Å². The van der Waals surface area contributed by atoms with Gasteiger partial charge in [-0.15, -0.1) is 0 Å². The average Bonchev–Trinajstić information content (AvgIpc) is 2.33. The maximum Gasteiger partial charge on any atom is 0.0432 e. The lowest BCUT2D eigenvalue weighted by molar-refractivity contribution is 0.464. The number of nitrogens with two attached hydrogens (primary N) is 1. The minimum atomic E-state index is 0.509. The number of hydrogen-bond donors (Lipinski definition) is 1. The van der Waals surface area contributed by atoms with E-state index in [2.05, 4.69) is 29.8 Å². The van der Waals surface area contributed by atoms with Crippen LogP contribution in [0, 0.1) is 13.8 Å². The highest BCUT2D eigenvalue weighted by Gasteiger charge is 2.22. The summed E-state index contributed by atoms with van der Waals surface area (Å²) in [7, 11) is 0. The molecule has 1 aromatic heterocycles. The summed E-state index contributed by atoms with van der Waals surface area (Å²) in [6.07, 6.45) is 5.70. The molecule has 0 spiro atoms. The molecule has 1 saturated heterocycles. The summed E-state index contributed by atoms with van der Waals surface area (Å²) in [5.74, 6) is 0. The fraction of sp³-hybridized carbons (Fsp3) is 0.615. The highest BCUT2D eigenvalue weighted by molar-refractivity contribution is 5.55. The lowest BCUT2D eigenvalue weighted by Crippen LogP contribution is -2.44. The third-order valence-electron chi connectivity index (χ3n) is 3.64. The zero-order valence-electron chi connectivity index (χ0n) is 10.2. The molecule has 1 aromatic rings. The third-order valence-corrected chi connectivity index (χ3v) is 3.64. The monoisotopic (exact) mass is 219 g/mol. The van der Waals surface area contributed by atoms with Gasteiger partial charge in [0.1, 0.15) is 0 Å². The molecule has 2 rings (SSSR count). The molecule has 3 nitrogen and oxygen atoms in total. The molecule has 88 valence electrons. The minimum Gasteiger partial charge on any atom is -0.367 e. The molecule has 1 atom stereocenters. The standard InChI is InChI=1S/C13H21N3/c1-10-11(2)15-7-6-13(10)16-8-4-3-5-12(16)9-14/h6-7,12H,3-5,8-9,14H2,1-2H3. The van der Waals surface area contributed by atoms with Crippen LogP contribution in [0.5, 0.6) is 0 Å². The first-order valence-corrected chi connectivity index (χ1v) is 6.13. The molecular weight excluding hydrogens is 198 g/mol. The summed E-state index contributed by atoms with van der Waals surface area (Å²) in [4.78, 5) is 6.79. The van der Waals surface area contributed by atoms with Gasteiger partial charge >= 0.3 is 0 Å². The van der Waals surface area contributed by atoms with Crippen LogP contribution in [0.2, 0.25) is 0 Å². The predicted octanol–water partition coefficient (Wildman–Crippen LogP) is 2.02. The van der Waals surface area contributed by atoms with E-state index in [1.54, 1.807) is 0 Å². The number of piperidine rings is 1. The second-order valence-corrected chi connectivity index (χ2v) is 4.62. The Morgan fingerprint density at radius 3 is 3.00 bits per heavy atom. The van der Waals surface area contributed by atoms with Gasteiger partial charge in [0, 0.05) is 36.7 Å². The van der Waals surface area contributed by atoms with Crippen LogP contribution in [0.15, 0.2) is 12.3 Å². The van der Waals surface area contributed by atoms with Crippen molar-refractivity contribution in [2.45, 2.75) is 39.2 Å². The summed E-state index contributed by atoms with van der Waals surface area (Å²) < 4.78 is 0. The topological polar surface area (TPSA) is 42.2 Å². The number of anilines is 1. The second kappa shape index (κ2) is 4.83. The molecule has 0 bridgehead atoms. The van der Waals surface area contributed by atoms with Crippen molar-refractivity contribution < 1.29 is 0 Å². The van der Waals surface area contributed by atoms with E-state index in [9.17, 15) is 0 Å². The summed E-state index contributed by atoms with van der Waals surface area (Å²) in [6.45, 7) is 6.10. The van der Waals surface area contributed by atoms with Gasteiger partial charge in [-0.2, -0.15) is 0 Å². The number of aryl methyl sites for hydroxylation is 1. The normalized spacial score (nSPS) is 21.2. The van der Waals surface area contributed by atoms with Crippen LogP contribution in [0.3, 0.4) is 0 Å². The number of rotatable bonds is 2. The van der Waals surface area contributed by atoms with Crippen molar-refractivity contribution in [2.24, 2.45) is 5.73 Å². The van der Waals surface area contributed by atoms with Crippen molar-refractivity contribution in [1.82, 2.24) is 4.98 Å². The minimum absolute atomic E-state index is 0.509. The lowest BCUT2D eigenvalue weighted by atomic mass is 10.00. The van der Waals surface area contributed by atoms with E-state index < -0.39 is 0 Å². The van der Waals surface area contributed by atoms with Gasteiger partial charge in [-0.25, -0.2) is 0 Å². The summed E-state index contributed by atoms with van der Waals surface area (Å²) in [5.41, 5.74) is 9.60. The van der Waals surface area contributed by atoms with Gasteiger partial charge in [0.2, 0.25) is 0 Å². The predicted molar refractivity (Wildman–Crippen MR) is 67.8 cm³/mol. The fourth-order valence-corrected chi connectivity index (χ4v) is 2.50. The SMILES string of the molecule is Cc1nccc(N2CCCCC2CN)c1C. The van der Waals surface area contributed by atoms with Crippen molar-refractivity contribution in [3.8, 4) is 0 Å². The first-order chi connectivity index (χ1) is 7.74.